The van der Waals surface area contributed by atoms with Crippen molar-refractivity contribution in [3.63, 3.8) is 0 Å². The quantitative estimate of drug-likeness (QED) is 0.702. The minimum Gasteiger partial charge on any atom is -0.398 e. The van der Waals surface area contributed by atoms with Gasteiger partial charge in [-0.15, -0.1) is 11.3 Å². The van der Waals surface area contributed by atoms with Crippen molar-refractivity contribution in [3.05, 3.63) is 34.7 Å². The van der Waals surface area contributed by atoms with E-state index in [1.54, 1.807) is 11.3 Å². The molecule has 0 fully saturated rings. The summed E-state index contributed by atoms with van der Waals surface area (Å²) in [6.45, 7) is 2.02. The number of nitrogens with zero attached hydrogens (tertiary/aromatic N) is 1. The van der Waals surface area contributed by atoms with Crippen LogP contribution in [0.1, 0.15) is 5.56 Å². The summed E-state index contributed by atoms with van der Waals surface area (Å²) in [6.07, 6.45) is 0. The molecule has 2 aromatic rings. The third-order valence-corrected chi connectivity index (χ3v) is 2.67. The molecule has 0 aliphatic heterocycles. The van der Waals surface area contributed by atoms with Gasteiger partial charge in [-0.05, 0) is 18.6 Å². The molecule has 0 bridgehead atoms. The maximum absolute atomic E-state index is 5.80. The fourth-order valence-corrected chi connectivity index (χ4v) is 1.83. The second-order valence-electron chi connectivity index (χ2n) is 2.89. The second-order valence-corrected chi connectivity index (χ2v) is 3.61. The number of anilines is 1. The fraction of sp³-hybridized carbons (Fsp3) is 0.100. The van der Waals surface area contributed by atoms with Crippen molar-refractivity contribution < 1.29 is 0 Å². The van der Waals surface area contributed by atoms with Gasteiger partial charge in [0.15, 0.2) is 0 Å². The molecule has 2 N–H and O–H groups in total. The van der Waals surface area contributed by atoms with Crippen LogP contribution >= 0.6 is 11.3 Å². The average Bonchev–Trinajstić information content (AvgIpc) is 2.62. The van der Waals surface area contributed by atoms with Crippen LogP contribution in [-0.4, -0.2) is 4.98 Å². The van der Waals surface area contributed by atoms with E-state index in [0.717, 1.165) is 22.5 Å². The van der Waals surface area contributed by atoms with E-state index in [4.69, 9.17) is 5.73 Å². The number of hydrogen-bond acceptors (Lipinski definition) is 3. The summed E-state index contributed by atoms with van der Waals surface area (Å²) in [4.78, 5) is 4.25. The Kier molecular flexibility index (Phi) is 2.02. The first-order valence-electron chi connectivity index (χ1n) is 4.02. The van der Waals surface area contributed by atoms with Crippen molar-refractivity contribution in [3.8, 4) is 11.3 Å². The van der Waals surface area contributed by atoms with Crippen LogP contribution in [0.5, 0.6) is 0 Å². The number of aromatic nitrogens is 1. The Balaban J connectivity index is 2.59. The first-order chi connectivity index (χ1) is 6.29. The van der Waals surface area contributed by atoms with Gasteiger partial charge < -0.3 is 5.73 Å². The van der Waals surface area contributed by atoms with Gasteiger partial charge in [-0.1, -0.05) is 12.1 Å². The minimum atomic E-state index is 0.825. The van der Waals surface area contributed by atoms with Gasteiger partial charge in [-0.25, -0.2) is 4.98 Å². The summed E-state index contributed by atoms with van der Waals surface area (Å²) in [7, 11) is 0. The summed E-state index contributed by atoms with van der Waals surface area (Å²) in [6, 6.07) is 5.91. The summed E-state index contributed by atoms with van der Waals surface area (Å²) in [5.74, 6) is 0. The van der Waals surface area contributed by atoms with E-state index in [1.165, 1.54) is 0 Å². The van der Waals surface area contributed by atoms with E-state index in [-0.39, 0.29) is 0 Å². The molecule has 1 aromatic heterocycles. The molecule has 0 spiro atoms. The lowest BCUT2D eigenvalue weighted by Crippen LogP contribution is -1.91. The second kappa shape index (κ2) is 3.18. The molecule has 0 aliphatic rings. The van der Waals surface area contributed by atoms with Crippen LogP contribution in [0.2, 0.25) is 0 Å². The highest BCUT2D eigenvalue weighted by atomic mass is 32.1. The maximum Gasteiger partial charge on any atom is 0.0814 e. The highest BCUT2D eigenvalue weighted by Gasteiger charge is 2.04. The molecule has 0 saturated carbocycles. The van der Waals surface area contributed by atoms with Crippen molar-refractivity contribution >= 4 is 17.0 Å². The van der Waals surface area contributed by atoms with Crippen molar-refractivity contribution in [1.29, 1.82) is 0 Å². The van der Waals surface area contributed by atoms with Crippen LogP contribution in [0.25, 0.3) is 11.3 Å². The van der Waals surface area contributed by atoms with Gasteiger partial charge in [0, 0.05) is 16.6 Å². The Morgan fingerprint density at radius 2 is 2.23 bits per heavy atom. The van der Waals surface area contributed by atoms with E-state index >= 15 is 0 Å². The largest absolute Gasteiger partial charge is 0.398 e. The summed E-state index contributed by atoms with van der Waals surface area (Å²) in [5, 5.41) is 2.03. The topological polar surface area (TPSA) is 38.9 Å². The number of thiazole rings is 1. The molecule has 1 aromatic carbocycles. The van der Waals surface area contributed by atoms with Crippen LogP contribution in [0.15, 0.2) is 29.1 Å². The monoisotopic (exact) mass is 190 g/mol. The zero-order chi connectivity index (χ0) is 9.26. The molecule has 1 heterocycles. The molecule has 0 aliphatic carbocycles. The van der Waals surface area contributed by atoms with Crippen LogP contribution in [0.4, 0.5) is 5.69 Å². The molecule has 0 radical (unpaired) electrons. The van der Waals surface area contributed by atoms with Crippen LogP contribution < -0.4 is 5.73 Å². The molecule has 66 valence electrons. The highest BCUT2D eigenvalue weighted by Crippen LogP contribution is 2.26. The predicted molar refractivity (Wildman–Crippen MR) is 56.7 cm³/mol. The molecular weight excluding hydrogens is 180 g/mol. The first-order valence-corrected chi connectivity index (χ1v) is 4.97. The van der Waals surface area contributed by atoms with Crippen molar-refractivity contribution in [1.82, 2.24) is 4.98 Å². The summed E-state index contributed by atoms with van der Waals surface area (Å²) < 4.78 is 0. The summed E-state index contributed by atoms with van der Waals surface area (Å²) >= 11 is 1.60. The SMILES string of the molecule is Cc1c(N)cccc1-c1cscn1. The standard InChI is InChI=1S/C10H10N2S/c1-7-8(3-2-4-9(7)11)10-5-13-6-12-10/h2-6H,11H2,1H3. The lowest BCUT2D eigenvalue weighted by molar-refractivity contribution is 1.37. The number of benzene rings is 1. The van der Waals surface area contributed by atoms with E-state index < -0.39 is 0 Å². The Hall–Kier alpha value is -1.35. The third kappa shape index (κ3) is 1.42. The number of nitrogen functional groups attached to an aromatic ring is 1. The van der Waals surface area contributed by atoms with E-state index in [9.17, 15) is 0 Å². The van der Waals surface area contributed by atoms with Gasteiger partial charge >= 0.3 is 0 Å². The van der Waals surface area contributed by atoms with Gasteiger partial charge in [0.25, 0.3) is 0 Å². The van der Waals surface area contributed by atoms with Crippen LogP contribution in [-0.2, 0) is 0 Å². The lowest BCUT2D eigenvalue weighted by atomic mass is 10.1. The lowest BCUT2D eigenvalue weighted by Gasteiger charge is -2.04. The molecule has 13 heavy (non-hydrogen) atoms. The average molecular weight is 190 g/mol. The normalized spacial score (nSPS) is 10.2. The fourth-order valence-electron chi connectivity index (χ4n) is 1.28. The molecular formula is C10H10N2S. The van der Waals surface area contributed by atoms with Crippen LogP contribution in [0.3, 0.4) is 0 Å². The molecule has 3 heteroatoms. The Labute approximate surface area is 81.1 Å². The number of rotatable bonds is 1. The van der Waals surface area contributed by atoms with Gasteiger partial charge in [0.1, 0.15) is 0 Å². The Morgan fingerprint density at radius 3 is 2.92 bits per heavy atom. The van der Waals surface area contributed by atoms with Crippen LogP contribution in [0, 0.1) is 6.92 Å². The number of nitrogens with two attached hydrogens (primary N) is 1. The predicted octanol–water partition coefficient (Wildman–Crippen LogP) is 2.70. The Bertz CT molecular complexity index is 407. The molecule has 0 amide bonds. The van der Waals surface area contributed by atoms with Crippen molar-refractivity contribution in [2.75, 3.05) is 5.73 Å². The minimum absolute atomic E-state index is 0.825. The molecule has 2 nitrogen and oxygen atoms in total. The first kappa shape index (κ1) is 8.26. The maximum atomic E-state index is 5.80. The van der Waals surface area contributed by atoms with Crippen molar-refractivity contribution in [2.45, 2.75) is 6.92 Å². The smallest absolute Gasteiger partial charge is 0.0814 e. The zero-order valence-corrected chi connectivity index (χ0v) is 8.14. The molecule has 2 rings (SSSR count). The zero-order valence-electron chi connectivity index (χ0n) is 7.32. The van der Waals surface area contributed by atoms with Crippen molar-refractivity contribution in [2.24, 2.45) is 0 Å². The molecule has 0 unspecified atom stereocenters. The van der Waals surface area contributed by atoms with E-state index in [0.29, 0.717) is 0 Å². The van der Waals surface area contributed by atoms with Gasteiger partial charge in [0.05, 0.1) is 11.2 Å². The van der Waals surface area contributed by atoms with Gasteiger partial charge in [-0.2, -0.15) is 0 Å². The van der Waals surface area contributed by atoms with E-state index in [2.05, 4.69) is 4.98 Å². The Morgan fingerprint density at radius 1 is 1.38 bits per heavy atom. The third-order valence-electron chi connectivity index (χ3n) is 2.08. The van der Waals surface area contributed by atoms with Gasteiger partial charge in [-0.3, -0.25) is 0 Å². The number of hydrogen-bond donors (Lipinski definition) is 1. The molecule has 0 atom stereocenters. The summed E-state index contributed by atoms with van der Waals surface area (Å²) in [5.41, 5.74) is 11.7. The van der Waals surface area contributed by atoms with Gasteiger partial charge in [0.2, 0.25) is 0 Å². The molecule has 0 saturated heterocycles. The highest BCUT2D eigenvalue weighted by molar-refractivity contribution is 7.07. The van der Waals surface area contributed by atoms with E-state index in [1.807, 2.05) is 36.0 Å².